The fourth-order valence-corrected chi connectivity index (χ4v) is 3.78. The Balaban J connectivity index is 1.64. The Morgan fingerprint density at radius 3 is 2.68 bits per heavy atom. The van der Waals surface area contributed by atoms with E-state index in [9.17, 15) is 0 Å². The Kier molecular flexibility index (Phi) is 4.03. The number of rotatable bonds is 4. The highest BCUT2D eigenvalue weighted by Crippen LogP contribution is 2.31. The molecular weight excluding hydrogens is 328 g/mol. The van der Waals surface area contributed by atoms with Crippen LogP contribution in [0.4, 0.5) is 0 Å². The topological polar surface area (TPSA) is 64.7 Å². The monoisotopic (exact) mass is 346 g/mol. The molecule has 4 aromatic rings. The zero-order valence-corrected chi connectivity index (χ0v) is 14.7. The summed E-state index contributed by atoms with van der Waals surface area (Å²) in [4.78, 5) is 4.15. The number of pyridine rings is 1. The first-order valence-electron chi connectivity index (χ1n) is 8.13. The lowest BCUT2D eigenvalue weighted by Crippen LogP contribution is -2.35. The van der Waals surface area contributed by atoms with E-state index in [1.54, 1.807) is 17.5 Å². The Morgan fingerprint density at radius 1 is 1.00 bits per heavy atom. The van der Waals surface area contributed by atoms with Gasteiger partial charge < -0.3 is 5.73 Å². The molecule has 4 rings (SSSR count). The first-order valence-corrected chi connectivity index (χ1v) is 8.94. The number of hydrogen-bond donors (Lipinski definition) is 1. The highest BCUT2D eigenvalue weighted by atomic mass is 32.1. The van der Waals surface area contributed by atoms with Crippen LogP contribution in [0.2, 0.25) is 0 Å². The van der Waals surface area contributed by atoms with Crippen LogP contribution in [0.5, 0.6) is 0 Å². The molecule has 4 nitrogen and oxygen atoms in total. The summed E-state index contributed by atoms with van der Waals surface area (Å²) in [6.45, 7) is 2.01. The Hall–Kier alpha value is -2.63. The molecule has 5 heteroatoms. The van der Waals surface area contributed by atoms with Crippen LogP contribution in [0.15, 0.2) is 67.0 Å². The van der Waals surface area contributed by atoms with Crippen molar-refractivity contribution in [1.82, 2.24) is 15.2 Å². The van der Waals surface area contributed by atoms with Gasteiger partial charge in [0.2, 0.25) is 0 Å². The minimum atomic E-state index is -0.544. The van der Waals surface area contributed by atoms with Gasteiger partial charge in [-0.25, -0.2) is 0 Å². The predicted molar refractivity (Wildman–Crippen MR) is 102 cm³/mol. The van der Waals surface area contributed by atoms with Crippen LogP contribution in [-0.4, -0.2) is 15.2 Å². The van der Waals surface area contributed by atoms with Gasteiger partial charge in [0.25, 0.3) is 0 Å². The average Bonchev–Trinajstić information content (AvgIpc) is 3.13. The Bertz CT molecular complexity index is 1010. The molecule has 0 aliphatic rings. The molecule has 2 heterocycles. The van der Waals surface area contributed by atoms with Gasteiger partial charge in [-0.15, -0.1) is 10.2 Å². The predicted octanol–water partition coefficient (Wildman–Crippen LogP) is 4.17. The van der Waals surface area contributed by atoms with Crippen molar-refractivity contribution in [3.63, 3.8) is 0 Å². The first kappa shape index (κ1) is 15.9. The van der Waals surface area contributed by atoms with Crippen molar-refractivity contribution in [3.05, 3.63) is 77.6 Å². The van der Waals surface area contributed by atoms with Gasteiger partial charge in [-0.3, -0.25) is 4.98 Å². The third-order valence-corrected chi connectivity index (χ3v) is 5.47. The van der Waals surface area contributed by atoms with Gasteiger partial charge in [0.1, 0.15) is 10.0 Å². The Morgan fingerprint density at radius 2 is 1.84 bits per heavy atom. The lowest BCUT2D eigenvalue weighted by atomic mass is 9.95. The maximum Gasteiger partial charge on any atom is 0.147 e. The lowest BCUT2D eigenvalue weighted by molar-refractivity contribution is 0.484. The average molecular weight is 346 g/mol. The van der Waals surface area contributed by atoms with Gasteiger partial charge in [0.15, 0.2) is 0 Å². The second-order valence-corrected chi connectivity index (χ2v) is 7.41. The fourth-order valence-electron chi connectivity index (χ4n) is 2.88. The van der Waals surface area contributed by atoms with E-state index < -0.39 is 5.54 Å². The van der Waals surface area contributed by atoms with Crippen LogP contribution in [-0.2, 0) is 12.0 Å². The number of nitrogens with two attached hydrogens (primary N) is 1. The number of benzene rings is 2. The molecule has 0 saturated carbocycles. The highest BCUT2D eigenvalue weighted by Gasteiger charge is 2.26. The third kappa shape index (κ3) is 3.29. The third-order valence-electron chi connectivity index (χ3n) is 4.22. The van der Waals surface area contributed by atoms with E-state index in [0.717, 1.165) is 32.8 Å². The van der Waals surface area contributed by atoms with E-state index in [1.165, 1.54) is 5.56 Å². The van der Waals surface area contributed by atoms with E-state index in [-0.39, 0.29) is 0 Å². The van der Waals surface area contributed by atoms with Crippen molar-refractivity contribution in [1.29, 1.82) is 0 Å². The van der Waals surface area contributed by atoms with Crippen LogP contribution < -0.4 is 5.73 Å². The number of hydrogen-bond acceptors (Lipinski definition) is 5. The van der Waals surface area contributed by atoms with Crippen LogP contribution in [0.25, 0.3) is 21.3 Å². The standard InChI is InChI=1S/C20H18N4S/c1-20(21,12-14-5-3-2-4-6-14)19-24-23-18(25-19)16-7-8-17-13-22-10-9-15(17)11-16/h2-11,13H,12,21H2,1H3. The molecule has 0 amide bonds. The van der Waals surface area contributed by atoms with Crippen molar-refractivity contribution in [3.8, 4) is 10.6 Å². The number of aromatic nitrogens is 3. The van der Waals surface area contributed by atoms with Gasteiger partial charge in [-0.1, -0.05) is 53.8 Å². The van der Waals surface area contributed by atoms with Gasteiger partial charge >= 0.3 is 0 Å². The normalized spacial score (nSPS) is 13.7. The zero-order chi connectivity index (χ0) is 17.3. The smallest absolute Gasteiger partial charge is 0.147 e. The first-order chi connectivity index (χ1) is 12.1. The van der Waals surface area contributed by atoms with Crippen LogP contribution in [0.3, 0.4) is 0 Å². The maximum absolute atomic E-state index is 6.55. The second kappa shape index (κ2) is 6.35. The van der Waals surface area contributed by atoms with Crippen molar-refractivity contribution in [2.45, 2.75) is 18.9 Å². The summed E-state index contributed by atoms with van der Waals surface area (Å²) < 4.78 is 0. The molecular formula is C20H18N4S. The van der Waals surface area contributed by atoms with E-state index in [0.29, 0.717) is 0 Å². The summed E-state index contributed by atoms with van der Waals surface area (Å²) in [5.74, 6) is 0. The van der Waals surface area contributed by atoms with Gasteiger partial charge in [0.05, 0.1) is 5.54 Å². The molecule has 1 atom stereocenters. The second-order valence-electron chi connectivity index (χ2n) is 6.43. The van der Waals surface area contributed by atoms with Crippen molar-refractivity contribution >= 4 is 22.1 Å². The number of fused-ring (bicyclic) bond motifs is 1. The molecule has 0 aliphatic heterocycles. The molecule has 0 spiro atoms. The molecule has 0 saturated heterocycles. The highest BCUT2D eigenvalue weighted by molar-refractivity contribution is 7.14. The van der Waals surface area contributed by atoms with Crippen molar-refractivity contribution < 1.29 is 0 Å². The molecule has 2 N–H and O–H groups in total. The largest absolute Gasteiger partial charge is 0.319 e. The minimum absolute atomic E-state index is 0.544. The molecule has 0 aliphatic carbocycles. The van der Waals surface area contributed by atoms with Gasteiger partial charge in [-0.05, 0) is 36.4 Å². The fraction of sp³-hybridized carbons (Fsp3) is 0.150. The molecule has 2 aromatic carbocycles. The summed E-state index contributed by atoms with van der Waals surface area (Å²) in [6.07, 6.45) is 4.39. The van der Waals surface area contributed by atoms with Gasteiger partial charge in [-0.2, -0.15) is 0 Å². The molecule has 0 fully saturated rings. The molecule has 0 bridgehead atoms. The Labute approximate surface area is 150 Å². The molecule has 0 radical (unpaired) electrons. The summed E-state index contributed by atoms with van der Waals surface area (Å²) in [5.41, 5.74) is 8.26. The SMILES string of the molecule is CC(N)(Cc1ccccc1)c1nnc(-c2ccc3cnccc3c2)s1. The quantitative estimate of drug-likeness (QED) is 0.602. The lowest BCUT2D eigenvalue weighted by Gasteiger charge is -2.21. The summed E-state index contributed by atoms with van der Waals surface area (Å²) in [6, 6.07) is 18.5. The van der Waals surface area contributed by atoms with E-state index in [1.807, 2.05) is 37.4 Å². The summed E-state index contributed by atoms with van der Waals surface area (Å²) >= 11 is 1.56. The van der Waals surface area contributed by atoms with Gasteiger partial charge in [0, 0.05) is 23.3 Å². The van der Waals surface area contributed by atoms with Crippen LogP contribution in [0.1, 0.15) is 17.5 Å². The van der Waals surface area contributed by atoms with E-state index in [4.69, 9.17) is 5.73 Å². The maximum atomic E-state index is 6.55. The molecule has 2 aromatic heterocycles. The zero-order valence-electron chi connectivity index (χ0n) is 13.9. The summed E-state index contributed by atoms with van der Waals surface area (Å²) in [7, 11) is 0. The molecule has 124 valence electrons. The molecule has 25 heavy (non-hydrogen) atoms. The van der Waals surface area contributed by atoms with E-state index in [2.05, 4.69) is 45.5 Å². The van der Waals surface area contributed by atoms with Crippen LogP contribution >= 0.6 is 11.3 Å². The van der Waals surface area contributed by atoms with Crippen molar-refractivity contribution in [2.75, 3.05) is 0 Å². The number of nitrogens with zero attached hydrogens (tertiary/aromatic N) is 3. The summed E-state index contributed by atoms with van der Waals surface area (Å²) in [5, 5.41) is 12.7. The van der Waals surface area contributed by atoms with Crippen LogP contribution in [0, 0.1) is 0 Å². The van der Waals surface area contributed by atoms with E-state index >= 15 is 0 Å². The van der Waals surface area contributed by atoms with Crippen molar-refractivity contribution in [2.24, 2.45) is 5.73 Å². The molecule has 1 unspecified atom stereocenters. The minimum Gasteiger partial charge on any atom is -0.319 e.